The summed E-state index contributed by atoms with van der Waals surface area (Å²) in [5.74, 6) is 1.53. The maximum Gasteiger partial charge on any atom is 0.228 e. The van der Waals surface area contributed by atoms with Crippen molar-refractivity contribution in [3.8, 4) is 11.5 Å². The molecule has 0 aromatic heterocycles. The summed E-state index contributed by atoms with van der Waals surface area (Å²) in [7, 11) is 0. The monoisotopic (exact) mass is 352 g/mol. The van der Waals surface area contributed by atoms with Gasteiger partial charge in [-0.2, -0.15) is 0 Å². The number of likely N-dealkylation sites (tertiary alicyclic amines) is 1. The molecule has 2 aromatic carbocycles. The number of ether oxygens (including phenoxy) is 2. The van der Waals surface area contributed by atoms with E-state index < -0.39 is 0 Å². The van der Waals surface area contributed by atoms with Crippen molar-refractivity contribution in [1.82, 2.24) is 4.90 Å². The number of carbonyl (C=O) groups excluding carboxylic acids is 1. The van der Waals surface area contributed by atoms with E-state index in [-0.39, 0.29) is 11.8 Å². The lowest BCUT2D eigenvalue weighted by atomic mass is 9.96. The molecule has 1 N–H and O–H groups in total. The number of amides is 1. The number of nitrogens with zero attached hydrogens (tertiary/aromatic N) is 1. The summed E-state index contributed by atoms with van der Waals surface area (Å²) in [6.45, 7) is 3.85. The number of anilines is 1. The topological polar surface area (TPSA) is 50.8 Å². The molecule has 2 heterocycles. The van der Waals surface area contributed by atoms with E-state index in [9.17, 15) is 4.79 Å². The lowest BCUT2D eigenvalue weighted by molar-refractivity contribution is -0.121. The van der Waals surface area contributed by atoms with Gasteiger partial charge in [0.15, 0.2) is 11.5 Å². The van der Waals surface area contributed by atoms with E-state index in [1.807, 2.05) is 24.3 Å². The third-order valence-electron chi connectivity index (χ3n) is 4.94. The predicted octanol–water partition coefficient (Wildman–Crippen LogP) is 3.31. The smallest absolute Gasteiger partial charge is 0.228 e. The molecule has 1 saturated heterocycles. The number of nitrogens with one attached hydrogen (secondary N) is 1. The molecule has 0 radical (unpaired) electrons. The Kier molecular flexibility index (Phi) is 5.07. The molecular weight excluding hydrogens is 328 g/mol. The Balaban J connectivity index is 1.37. The summed E-state index contributed by atoms with van der Waals surface area (Å²) in [5.41, 5.74) is 2.06. The molecule has 1 atom stereocenters. The van der Waals surface area contributed by atoms with E-state index in [0.717, 1.165) is 43.9 Å². The van der Waals surface area contributed by atoms with Crippen LogP contribution in [0.3, 0.4) is 0 Å². The normalized spacial score (nSPS) is 19.8. The molecule has 5 heteroatoms. The predicted molar refractivity (Wildman–Crippen MR) is 101 cm³/mol. The Morgan fingerprint density at radius 1 is 1.08 bits per heavy atom. The van der Waals surface area contributed by atoms with Crippen molar-refractivity contribution in [3.05, 3.63) is 54.1 Å². The van der Waals surface area contributed by atoms with Gasteiger partial charge in [0.25, 0.3) is 0 Å². The van der Waals surface area contributed by atoms with Crippen molar-refractivity contribution in [2.45, 2.75) is 19.4 Å². The van der Waals surface area contributed by atoms with Gasteiger partial charge in [-0.25, -0.2) is 0 Å². The molecule has 26 heavy (non-hydrogen) atoms. The summed E-state index contributed by atoms with van der Waals surface area (Å²) in [6, 6.07) is 16.0. The van der Waals surface area contributed by atoms with E-state index in [0.29, 0.717) is 19.0 Å². The minimum absolute atomic E-state index is 0.0145. The highest BCUT2D eigenvalue weighted by Gasteiger charge is 2.26. The van der Waals surface area contributed by atoms with Crippen LogP contribution in [0.4, 0.5) is 5.69 Å². The molecule has 0 spiro atoms. The van der Waals surface area contributed by atoms with Crippen LogP contribution in [0.25, 0.3) is 0 Å². The summed E-state index contributed by atoms with van der Waals surface area (Å²) in [5, 5.41) is 3.05. The Labute approximate surface area is 153 Å². The van der Waals surface area contributed by atoms with Gasteiger partial charge in [-0.15, -0.1) is 0 Å². The molecule has 1 unspecified atom stereocenters. The third-order valence-corrected chi connectivity index (χ3v) is 4.94. The minimum atomic E-state index is 0.0145. The Bertz CT molecular complexity index is 763. The Morgan fingerprint density at radius 3 is 2.73 bits per heavy atom. The van der Waals surface area contributed by atoms with Gasteiger partial charge >= 0.3 is 0 Å². The first kappa shape index (κ1) is 16.9. The molecule has 2 aliphatic heterocycles. The molecule has 0 aliphatic carbocycles. The van der Waals surface area contributed by atoms with Gasteiger partial charge in [0.05, 0.1) is 5.92 Å². The van der Waals surface area contributed by atoms with Crippen molar-refractivity contribution >= 4 is 11.6 Å². The fourth-order valence-electron chi connectivity index (χ4n) is 3.62. The largest absolute Gasteiger partial charge is 0.486 e. The first-order chi connectivity index (χ1) is 12.8. The molecule has 5 nitrogen and oxygen atoms in total. The van der Waals surface area contributed by atoms with Crippen LogP contribution >= 0.6 is 0 Å². The lowest BCUT2D eigenvalue weighted by Gasteiger charge is -2.32. The maximum absolute atomic E-state index is 12.7. The molecule has 1 fully saturated rings. The van der Waals surface area contributed by atoms with Crippen LogP contribution in [-0.2, 0) is 11.3 Å². The van der Waals surface area contributed by atoms with Gasteiger partial charge in [0.2, 0.25) is 5.91 Å². The second-order valence-corrected chi connectivity index (χ2v) is 6.91. The number of fused-ring (bicyclic) bond motifs is 1. The van der Waals surface area contributed by atoms with Crippen LogP contribution < -0.4 is 14.8 Å². The van der Waals surface area contributed by atoms with Crippen LogP contribution in [0.15, 0.2) is 48.5 Å². The van der Waals surface area contributed by atoms with Gasteiger partial charge in [-0.05, 0) is 37.1 Å². The molecule has 0 saturated carbocycles. The van der Waals surface area contributed by atoms with Crippen molar-refractivity contribution in [2.75, 3.05) is 31.6 Å². The third kappa shape index (κ3) is 3.99. The number of rotatable bonds is 4. The van der Waals surface area contributed by atoms with Gasteiger partial charge in [-0.1, -0.05) is 30.3 Å². The van der Waals surface area contributed by atoms with Gasteiger partial charge < -0.3 is 14.8 Å². The van der Waals surface area contributed by atoms with Crippen LogP contribution in [-0.4, -0.2) is 37.1 Å². The molecule has 2 aliphatic rings. The van der Waals surface area contributed by atoms with E-state index >= 15 is 0 Å². The fourth-order valence-corrected chi connectivity index (χ4v) is 3.62. The van der Waals surface area contributed by atoms with Crippen molar-refractivity contribution < 1.29 is 14.3 Å². The molecule has 1 amide bonds. The van der Waals surface area contributed by atoms with Crippen LogP contribution in [0.2, 0.25) is 0 Å². The lowest BCUT2D eigenvalue weighted by Crippen LogP contribution is -2.40. The zero-order valence-corrected chi connectivity index (χ0v) is 14.8. The summed E-state index contributed by atoms with van der Waals surface area (Å²) >= 11 is 0. The zero-order chi connectivity index (χ0) is 17.8. The average Bonchev–Trinajstić information content (AvgIpc) is 2.69. The van der Waals surface area contributed by atoms with E-state index in [1.165, 1.54) is 5.56 Å². The fraction of sp³-hybridized carbons (Fsp3) is 0.381. The highest BCUT2D eigenvalue weighted by molar-refractivity contribution is 5.93. The second-order valence-electron chi connectivity index (χ2n) is 6.91. The van der Waals surface area contributed by atoms with Crippen molar-refractivity contribution in [2.24, 2.45) is 5.92 Å². The van der Waals surface area contributed by atoms with E-state index in [2.05, 4.69) is 34.5 Å². The van der Waals surface area contributed by atoms with E-state index in [1.54, 1.807) is 0 Å². The standard InChI is InChI=1S/C21H24N2O3/c24-21(22-18-8-9-19-20(13-18)26-12-11-25-19)17-7-4-10-23(15-17)14-16-5-2-1-3-6-16/h1-3,5-6,8-9,13,17H,4,7,10-12,14-15H2,(H,22,24). The summed E-state index contributed by atoms with van der Waals surface area (Å²) < 4.78 is 11.1. The van der Waals surface area contributed by atoms with Crippen LogP contribution in [0.1, 0.15) is 18.4 Å². The Morgan fingerprint density at radius 2 is 1.88 bits per heavy atom. The van der Waals surface area contributed by atoms with Gasteiger partial charge in [0.1, 0.15) is 13.2 Å². The number of carbonyl (C=O) groups is 1. The summed E-state index contributed by atoms with van der Waals surface area (Å²) in [4.78, 5) is 15.1. The summed E-state index contributed by atoms with van der Waals surface area (Å²) in [6.07, 6.45) is 1.98. The molecule has 4 rings (SSSR count). The first-order valence-electron chi connectivity index (χ1n) is 9.25. The second kappa shape index (κ2) is 7.79. The molecule has 0 bridgehead atoms. The zero-order valence-electron chi connectivity index (χ0n) is 14.8. The molecule has 136 valence electrons. The number of benzene rings is 2. The number of hydrogen-bond acceptors (Lipinski definition) is 4. The quantitative estimate of drug-likeness (QED) is 0.917. The average molecular weight is 352 g/mol. The number of hydrogen-bond donors (Lipinski definition) is 1. The minimum Gasteiger partial charge on any atom is -0.486 e. The van der Waals surface area contributed by atoms with Crippen LogP contribution in [0, 0.1) is 5.92 Å². The number of piperidine rings is 1. The Hall–Kier alpha value is -2.53. The SMILES string of the molecule is O=C(Nc1ccc2c(c1)OCCO2)C1CCCN(Cc2ccccc2)C1. The van der Waals surface area contributed by atoms with E-state index in [4.69, 9.17) is 9.47 Å². The highest BCUT2D eigenvalue weighted by atomic mass is 16.6. The highest BCUT2D eigenvalue weighted by Crippen LogP contribution is 2.33. The van der Waals surface area contributed by atoms with Gasteiger partial charge in [0, 0.05) is 24.8 Å². The van der Waals surface area contributed by atoms with Crippen molar-refractivity contribution in [1.29, 1.82) is 0 Å². The van der Waals surface area contributed by atoms with Crippen LogP contribution in [0.5, 0.6) is 11.5 Å². The first-order valence-corrected chi connectivity index (χ1v) is 9.25. The molecule has 2 aromatic rings. The molecular formula is C21H24N2O3. The maximum atomic E-state index is 12.7. The van der Waals surface area contributed by atoms with Crippen molar-refractivity contribution in [3.63, 3.8) is 0 Å². The van der Waals surface area contributed by atoms with Gasteiger partial charge in [-0.3, -0.25) is 9.69 Å².